The van der Waals surface area contributed by atoms with Crippen LogP contribution < -0.4 is 16.0 Å². The van der Waals surface area contributed by atoms with E-state index in [2.05, 4.69) is 25.8 Å². The Kier molecular flexibility index (Phi) is 10.0. The van der Waals surface area contributed by atoms with Crippen molar-refractivity contribution in [3.8, 4) is 0 Å². The number of carbonyl (C=O) groups is 2. The number of carbonyl (C=O) groups excluding carboxylic acids is 2. The van der Waals surface area contributed by atoms with Crippen LogP contribution in [-0.2, 0) is 9.59 Å². The van der Waals surface area contributed by atoms with Crippen LogP contribution in [0.25, 0.3) is 0 Å². The van der Waals surface area contributed by atoms with Gasteiger partial charge in [0.2, 0.25) is 11.8 Å². The molecule has 2 rings (SSSR count). The average Bonchev–Trinajstić information content (AvgIpc) is 2.63. The number of piperidine rings is 1. The largest absolute Gasteiger partial charge is 0.359 e. The van der Waals surface area contributed by atoms with Crippen LogP contribution in [0.4, 0.5) is 10.1 Å². The van der Waals surface area contributed by atoms with Crippen molar-refractivity contribution in [1.82, 2.24) is 15.5 Å². The molecule has 0 spiro atoms. The van der Waals surface area contributed by atoms with Crippen LogP contribution in [0, 0.1) is 11.7 Å². The Morgan fingerprint density at radius 2 is 1.96 bits per heavy atom. The molecule has 1 aromatic rings. The summed E-state index contributed by atoms with van der Waals surface area (Å²) in [6, 6.07) is 5.76. The van der Waals surface area contributed by atoms with Gasteiger partial charge in [-0.1, -0.05) is 6.07 Å². The second kappa shape index (κ2) is 11.7. The highest BCUT2D eigenvalue weighted by Gasteiger charge is 2.23. The normalized spacial score (nSPS) is 14.9. The van der Waals surface area contributed by atoms with Gasteiger partial charge in [0, 0.05) is 39.3 Å². The maximum atomic E-state index is 13.1. The molecule has 2 amide bonds. The van der Waals surface area contributed by atoms with Gasteiger partial charge in [0.25, 0.3) is 0 Å². The van der Waals surface area contributed by atoms with Crippen molar-refractivity contribution in [3.05, 3.63) is 30.1 Å². The minimum Gasteiger partial charge on any atom is -0.359 e. The molecular formula is C18H27FIN5O2. The summed E-state index contributed by atoms with van der Waals surface area (Å²) in [7, 11) is 3.32. The first-order valence-electron chi connectivity index (χ1n) is 8.73. The minimum absolute atomic E-state index is 0. The van der Waals surface area contributed by atoms with Crippen LogP contribution >= 0.6 is 24.0 Å². The van der Waals surface area contributed by atoms with Crippen molar-refractivity contribution in [2.24, 2.45) is 10.9 Å². The van der Waals surface area contributed by atoms with E-state index >= 15 is 0 Å². The molecule has 0 radical (unpaired) electrons. The first-order chi connectivity index (χ1) is 12.5. The van der Waals surface area contributed by atoms with Crippen LogP contribution in [0.2, 0.25) is 0 Å². The molecule has 27 heavy (non-hydrogen) atoms. The van der Waals surface area contributed by atoms with Gasteiger partial charge in [0.15, 0.2) is 5.96 Å². The number of guanidine groups is 1. The van der Waals surface area contributed by atoms with Crippen molar-refractivity contribution >= 4 is 47.4 Å². The summed E-state index contributed by atoms with van der Waals surface area (Å²) < 4.78 is 13.1. The fraction of sp³-hybridized carbons (Fsp3) is 0.500. The maximum Gasteiger partial charge on any atom is 0.243 e. The number of hydrogen-bond donors (Lipinski definition) is 3. The van der Waals surface area contributed by atoms with Gasteiger partial charge in [-0.3, -0.25) is 14.6 Å². The second-order valence-corrected chi connectivity index (χ2v) is 6.27. The highest BCUT2D eigenvalue weighted by atomic mass is 127. The second-order valence-electron chi connectivity index (χ2n) is 6.27. The number of halogens is 2. The zero-order chi connectivity index (χ0) is 18.9. The van der Waals surface area contributed by atoms with Crippen LogP contribution in [0.3, 0.4) is 0 Å². The molecule has 1 heterocycles. The predicted molar refractivity (Wildman–Crippen MR) is 115 cm³/mol. The summed E-state index contributed by atoms with van der Waals surface area (Å²) in [5.41, 5.74) is 0.418. The number of amides is 2. The van der Waals surface area contributed by atoms with E-state index in [0.29, 0.717) is 24.0 Å². The molecule has 1 aliphatic rings. The van der Waals surface area contributed by atoms with Crippen molar-refractivity contribution in [2.45, 2.75) is 19.3 Å². The Morgan fingerprint density at radius 3 is 2.56 bits per heavy atom. The lowest BCUT2D eigenvalue weighted by atomic mass is 9.93. The zero-order valence-electron chi connectivity index (χ0n) is 15.6. The Labute approximate surface area is 176 Å². The molecule has 0 saturated carbocycles. The summed E-state index contributed by atoms with van der Waals surface area (Å²) >= 11 is 0. The molecule has 7 nitrogen and oxygen atoms in total. The van der Waals surface area contributed by atoms with Gasteiger partial charge < -0.3 is 20.9 Å². The van der Waals surface area contributed by atoms with E-state index in [1.54, 1.807) is 26.2 Å². The Balaban J connectivity index is 0.00000364. The van der Waals surface area contributed by atoms with Crippen molar-refractivity contribution in [2.75, 3.05) is 39.0 Å². The van der Waals surface area contributed by atoms with Gasteiger partial charge in [-0.05, 0) is 37.0 Å². The fourth-order valence-electron chi connectivity index (χ4n) is 2.98. The van der Waals surface area contributed by atoms with E-state index in [0.717, 1.165) is 25.9 Å². The summed E-state index contributed by atoms with van der Waals surface area (Å²) in [4.78, 5) is 29.8. The van der Waals surface area contributed by atoms with Crippen LogP contribution in [-0.4, -0.2) is 56.4 Å². The molecule has 9 heteroatoms. The maximum absolute atomic E-state index is 13.1. The zero-order valence-corrected chi connectivity index (χ0v) is 18.0. The fourth-order valence-corrected chi connectivity index (χ4v) is 2.98. The first-order valence-corrected chi connectivity index (χ1v) is 8.73. The predicted octanol–water partition coefficient (Wildman–Crippen LogP) is 1.81. The highest BCUT2D eigenvalue weighted by molar-refractivity contribution is 14.0. The molecule has 150 valence electrons. The lowest BCUT2D eigenvalue weighted by Crippen LogP contribution is -2.47. The van der Waals surface area contributed by atoms with E-state index in [-0.39, 0.29) is 42.3 Å². The third kappa shape index (κ3) is 7.69. The Bertz CT molecular complexity index is 663. The van der Waals surface area contributed by atoms with E-state index in [9.17, 15) is 14.0 Å². The van der Waals surface area contributed by atoms with Gasteiger partial charge >= 0.3 is 0 Å². The average molecular weight is 491 g/mol. The number of benzene rings is 1. The number of aliphatic imine (C=N–C) groups is 1. The van der Waals surface area contributed by atoms with Crippen molar-refractivity contribution in [3.63, 3.8) is 0 Å². The van der Waals surface area contributed by atoms with Gasteiger partial charge in [0.05, 0.1) is 6.54 Å². The van der Waals surface area contributed by atoms with Gasteiger partial charge in [0.1, 0.15) is 5.82 Å². The number of hydrogen-bond acceptors (Lipinski definition) is 3. The lowest BCUT2D eigenvalue weighted by molar-refractivity contribution is -0.121. The molecule has 3 N–H and O–H groups in total. The van der Waals surface area contributed by atoms with E-state index in [1.807, 2.05) is 0 Å². The van der Waals surface area contributed by atoms with Gasteiger partial charge in [-0.25, -0.2) is 4.39 Å². The van der Waals surface area contributed by atoms with Crippen LogP contribution in [0.15, 0.2) is 29.3 Å². The standard InChI is InChI=1S/C18H26FN5O2.HI/c1-20-16(25)10-13-6-8-24(9-7-13)18(21-2)22-12-17(26)23-15-5-3-4-14(19)11-15;/h3-5,11,13H,6-10,12H2,1-2H3,(H,20,25)(H,21,22)(H,23,26);1H. The summed E-state index contributed by atoms with van der Waals surface area (Å²) in [5, 5.41) is 8.33. The molecule has 1 aromatic carbocycles. The molecule has 0 aromatic heterocycles. The van der Waals surface area contributed by atoms with Crippen molar-refractivity contribution in [1.29, 1.82) is 0 Å². The molecule has 0 aliphatic carbocycles. The number of rotatable bonds is 5. The number of anilines is 1. The van der Waals surface area contributed by atoms with Gasteiger partial charge in [-0.2, -0.15) is 0 Å². The molecule has 0 atom stereocenters. The molecule has 0 unspecified atom stereocenters. The summed E-state index contributed by atoms with van der Waals surface area (Å²) in [6.07, 6.45) is 2.36. The summed E-state index contributed by atoms with van der Waals surface area (Å²) in [5.74, 6) is 0.427. The smallest absolute Gasteiger partial charge is 0.243 e. The molecule has 1 saturated heterocycles. The quantitative estimate of drug-likeness (QED) is 0.333. The summed E-state index contributed by atoms with van der Waals surface area (Å²) in [6.45, 7) is 1.61. The number of nitrogens with zero attached hydrogens (tertiary/aromatic N) is 2. The third-order valence-electron chi connectivity index (χ3n) is 4.39. The van der Waals surface area contributed by atoms with E-state index in [1.165, 1.54) is 12.1 Å². The SMILES string of the molecule is CN=C(NCC(=O)Nc1cccc(F)c1)N1CCC(CC(=O)NC)CC1.I. The molecule has 1 aliphatic heterocycles. The third-order valence-corrected chi connectivity index (χ3v) is 4.39. The molecular weight excluding hydrogens is 464 g/mol. The number of nitrogens with one attached hydrogen (secondary N) is 3. The van der Waals surface area contributed by atoms with Crippen molar-refractivity contribution < 1.29 is 14.0 Å². The number of likely N-dealkylation sites (tertiary alicyclic amines) is 1. The minimum atomic E-state index is -0.397. The van der Waals surface area contributed by atoms with Crippen LogP contribution in [0.1, 0.15) is 19.3 Å². The van der Waals surface area contributed by atoms with E-state index in [4.69, 9.17) is 0 Å². The Morgan fingerprint density at radius 1 is 1.26 bits per heavy atom. The van der Waals surface area contributed by atoms with Crippen LogP contribution in [0.5, 0.6) is 0 Å². The molecule has 0 bridgehead atoms. The first kappa shape index (κ1) is 23.1. The Hall–Kier alpha value is -1.91. The lowest BCUT2D eigenvalue weighted by Gasteiger charge is -2.33. The highest BCUT2D eigenvalue weighted by Crippen LogP contribution is 2.20. The monoisotopic (exact) mass is 491 g/mol. The van der Waals surface area contributed by atoms with E-state index < -0.39 is 5.82 Å². The van der Waals surface area contributed by atoms with Gasteiger partial charge in [-0.15, -0.1) is 24.0 Å². The topological polar surface area (TPSA) is 85.8 Å². The molecule has 1 fully saturated rings.